The van der Waals surface area contributed by atoms with E-state index in [2.05, 4.69) is 22.8 Å². The highest BCUT2D eigenvalue weighted by atomic mass is 16.5. The average molecular weight is 446 g/mol. The Kier molecular flexibility index (Phi) is 8.88. The zero-order valence-electron chi connectivity index (χ0n) is 19.2. The Morgan fingerprint density at radius 1 is 0.818 bits per heavy atom. The average Bonchev–Trinajstić information content (AvgIpc) is 2.85. The fourth-order valence-electron chi connectivity index (χ4n) is 3.38. The van der Waals surface area contributed by atoms with Crippen molar-refractivity contribution < 1.29 is 14.3 Å². The maximum Gasteiger partial charge on any atom is 0.253 e. The summed E-state index contributed by atoms with van der Waals surface area (Å²) in [6.45, 7) is 5.98. The molecule has 0 radical (unpaired) electrons. The minimum atomic E-state index is -0.166. The van der Waals surface area contributed by atoms with Crippen LogP contribution in [0.2, 0.25) is 0 Å². The van der Waals surface area contributed by atoms with Gasteiger partial charge in [0.05, 0.1) is 13.2 Å². The highest BCUT2D eigenvalue weighted by molar-refractivity contribution is 5.96. The van der Waals surface area contributed by atoms with E-state index in [0.717, 1.165) is 17.9 Å². The molecule has 3 aromatic carbocycles. The Labute approximate surface area is 195 Å². The molecule has 0 fully saturated rings. The normalized spacial score (nSPS) is 10.4. The van der Waals surface area contributed by atoms with Crippen LogP contribution in [0.15, 0.2) is 78.9 Å². The number of carbonyl (C=O) groups is 2. The summed E-state index contributed by atoms with van der Waals surface area (Å²) >= 11 is 0. The number of amides is 2. The Morgan fingerprint density at radius 3 is 2.09 bits per heavy atom. The van der Waals surface area contributed by atoms with E-state index in [0.29, 0.717) is 30.9 Å². The van der Waals surface area contributed by atoms with Crippen molar-refractivity contribution in [3.63, 3.8) is 0 Å². The summed E-state index contributed by atoms with van der Waals surface area (Å²) in [4.78, 5) is 26.4. The number of ether oxygens (including phenoxy) is 1. The summed E-state index contributed by atoms with van der Waals surface area (Å²) in [5.41, 5.74) is 3.34. The molecule has 2 N–H and O–H groups in total. The molecule has 0 bridgehead atoms. The topological polar surface area (TPSA) is 70.7 Å². The highest BCUT2D eigenvalue weighted by Crippen LogP contribution is 2.16. The molecule has 0 spiro atoms. The summed E-state index contributed by atoms with van der Waals surface area (Å²) < 4.78 is 5.79. The fourth-order valence-corrected chi connectivity index (χ4v) is 3.38. The van der Waals surface area contributed by atoms with E-state index in [1.807, 2.05) is 56.3 Å². The maximum absolute atomic E-state index is 12.4. The molecular weight excluding hydrogens is 414 g/mol. The molecule has 0 unspecified atom stereocenters. The molecule has 0 atom stereocenters. The molecule has 3 aromatic rings. The van der Waals surface area contributed by atoms with Gasteiger partial charge in [0.25, 0.3) is 5.91 Å². The number of hydrogen-bond acceptors (Lipinski definition) is 4. The van der Waals surface area contributed by atoms with E-state index in [-0.39, 0.29) is 18.4 Å². The molecule has 0 aliphatic carbocycles. The quantitative estimate of drug-likeness (QED) is 0.443. The zero-order chi connectivity index (χ0) is 23.5. The van der Waals surface area contributed by atoms with Crippen LogP contribution in [0.25, 0.3) is 0 Å². The number of nitrogens with zero attached hydrogens (tertiary/aromatic N) is 1. The number of benzene rings is 3. The number of anilines is 2. The van der Waals surface area contributed by atoms with Crippen molar-refractivity contribution in [1.29, 1.82) is 0 Å². The summed E-state index contributed by atoms with van der Waals surface area (Å²) in [7, 11) is 0. The van der Waals surface area contributed by atoms with Crippen LogP contribution < -0.4 is 15.4 Å². The molecule has 6 nitrogen and oxygen atoms in total. The van der Waals surface area contributed by atoms with Crippen LogP contribution >= 0.6 is 0 Å². The molecular formula is C27H31N3O3. The van der Waals surface area contributed by atoms with Gasteiger partial charge in [0.2, 0.25) is 5.91 Å². The van der Waals surface area contributed by atoms with Crippen LogP contribution in [0.4, 0.5) is 11.4 Å². The Morgan fingerprint density at radius 2 is 1.45 bits per heavy atom. The van der Waals surface area contributed by atoms with Gasteiger partial charge in [0.1, 0.15) is 5.75 Å². The summed E-state index contributed by atoms with van der Waals surface area (Å²) in [5, 5.41) is 5.94. The van der Waals surface area contributed by atoms with Gasteiger partial charge in [-0.25, -0.2) is 0 Å². The molecule has 0 aliphatic rings. The lowest BCUT2D eigenvalue weighted by molar-refractivity contribution is -0.114. The number of nitrogens with one attached hydrogen (secondary N) is 2. The lowest BCUT2D eigenvalue weighted by Gasteiger charge is -2.18. The van der Waals surface area contributed by atoms with Crippen molar-refractivity contribution in [2.75, 3.05) is 36.9 Å². The van der Waals surface area contributed by atoms with Gasteiger partial charge in [-0.15, -0.1) is 0 Å². The Bertz CT molecular complexity index is 1010. The van der Waals surface area contributed by atoms with Gasteiger partial charge in [-0.05, 0) is 67.9 Å². The van der Waals surface area contributed by atoms with E-state index >= 15 is 0 Å². The SMILES string of the molecule is CCN(CC)C(=O)c1ccc(NC(=O)CNc2ccc(OCCc3ccccc3)cc2)cc1. The van der Waals surface area contributed by atoms with Gasteiger partial charge in [0.15, 0.2) is 0 Å². The first kappa shape index (κ1) is 23.9. The minimum absolute atomic E-state index is 0.00737. The Hall–Kier alpha value is -3.80. The lowest BCUT2D eigenvalue weighted by Crippen LogP contribution is -2.30. The predicted molar refractivity (Wildman–Crippen MR) is 133 cm³/mol. The van der Waals surface area contributed by atoms with Gasteiger partial charge in [0, 0.05) is 36.4 Å². The monoisotopic (exact) mass is 445 g/mol. The molecule has 33 heavy (non-hydrogen) atoms. The predicted octanol–water partition coefficient (Wildman–Crippen LogP) is 4.84. The van der Waals surface area contributed by atoms with Crippen molar-refractivity contribution in [2.45, 2.75) is 20.3 Å². The maximum atomic E-state index is 12.4. The van der Waals surface area contributed by atoms with Crippen molar-refractivity contribution in [3.8, 4) is 5.75 Å². The summed E-state index contributed by atoms with van der Waals surface area (Å²) in [5.74, 6) is 0.619. The standard InChI is InChI=1S/C27H31N3O3/c1-3-30(4-2)27(32)22-10-12-24(13-11-22)29-26(31)20-28-23-14-16-25(17-15-23)33-19-18-21-8-6-5-7-9-21/h5-17,28H,3-4,18-20H2,1-2H3,(H,29,31). The molecule has 0 heterocycles. The molecule has 0 saturated heterocycles. The molecule has 2 amide bonds. The first-order valence-electron chi connectivity index (χ1n) is 11.3. The molecule has 6 heteroatoms. The lowest BCUT2D eigenvalue weighted by atomic mass is 10.1. The smallest absolute Gasteiger partial charge is 0.253 e. The first-order chi connectivity index (χ1) is 16.1. The third-order valence-electron chi connectivity index (χ3n) is 5.28. The first-order valence-corrected chi connectivity index (χ1v) is 11.3. The second kappa shape index (κ2) is 12.3. The summed E-state index contributed by atoms with van der Waals surface area (Å²) in [6.07, 6.45) is 0.853. The van der Waals surface area contributed by atoms with Crippen LogP contribution in [-0.2, 0) is 11.2 Å². The van der Waals surface area contributed by atoms with Crippen molar-refractivity contribution >= 4 is 23.2 Å². The van der Waals surface area contributed by atoms with Crippen LogP contribution in [0.1, 0.15) is 29.8 Å². The van der Waals surface area contributed by atoms with Crippen molar-refractivity contribution in [1.82, 2.24) is 4.90 Å². The molecule has 172 valence electrons. The van der Waals surface area contributed by atoms with E-state index in [1.54, 1.807) is 29.2 Å². The van der Waals surface area contributed by atoms with Gasteiger partial charge in [-0.3, -0.25) is 9.59 Å². The van der Waals surface area contributed by atoms with Gasteiger partial charge in [-0.1, -0.05) is 30.3 Å². The van der Waals surface area contributed by atoms with Crippen molar-refractivity contribution in [3.05, 3.63) is 90.0 Å². The second-order valence-corrected chi connectivity index (χ2v) is 7.56. The summed E-state index contributed by atoms with van der Waals surface area (Å²) in [6, 6.07) is 24.7. The van der Waals surface area contributed by atoms with Crippen LogP contribution in [0.3, 0.4) is 0 Å². The highest BCUT2D eigenvalue weighted by Gasteiger charge is 2.12. The largest absolute Gasteiger partial charge is 0.493 e. The van der Waals surface area contributed by atoms with E-state index in [4.69, 9.17) is 4.74 Å². The van der Waals surface area contributed by atoms with Crippen LogP contribution in [0.5, 0.6) is 5.75 Å². The fraction of sp³-hybridized carbons (Fsp3) is 0.259. The minimum Gasteiger partial charge on any atom is -0.493 e. The van der Waals surface area contributed by atoms with Gasteiger partial charge >= 0.3 is 0 Å². The van der Waals surface area contributed by atoms with Crippen LogP contribution in [-0.4, -0.2) is 43.0 Å². The van der Waals surface area contributed by atoms with E-state index in [1.165, 1.54) is 5.56 Å². The number of rotatable bonds is 11. The molecule has 0 saturated carbocycles. The zero-order valence-corrected chi connectivity index (χ0v) is 19.2. The van der Waals surface area contributed by atoms with Crippen LogP contribution in [0, 0.1) is 0 Å². The molecule has 0 aliphatic heterocycles. The third-order valence-corrected chi connectivity index (χ3v) is 5.28. The number of carbonyl (C=O) groups excluding carboxylic acids is 2. The molecule has 0 aromatic heterocycles. The van der Waals surface area contributed by atoms with Gasteiger partial charge < -0.3 is 20.3 Å². The second-order valence-electron chi connectivity index (χ2n) is 7.56. The third kappa shape index (κ3) is 7.38. The Balaban J connectivity index is 1.41. The van der Waals surface area contributed by atoms with E-state index < -0.39 is 0 Å². The number of hydrogen-bond donors (Lipinski definition) is 2. The van der Waals surface area contributed by atoms with E-state index in [9.17, 15) is 9.59 Å². The van der Waals surface area contributed by atoms with Crippen molar-refractivity contribution in [2.24, 2.45) is 0 Å². The molecule has 3 rings (SSSR count). The van der Waals surface area contributed by atoms with Gasteiger partial charge in [-0.2, -0.15) is 0 Å².